The zero-order valence-electron chi connectivity index (χ0n) is 16.6. The molecular formula is C25H38. The smallest absolute Gasteiger partial charge is 0.0159 e. The Bertz CT molecular complexity index is 571. The molecule has 0 aliphatic heterocycles. The maximum absolute atomic E-state index is 2.62. The van der Waals surface area contributed by atoms with Crippen LogP contribution in [0.4, 0.5) is 0 Å². The minimum Gasteiger partial charge on any atom is -0.0654 e. The molecule has 0 heterocycles. The van der Waals surface area contributed by atoms with E-state index in [2.05, 4.69) is 32.0 Å². The van der Waals surface area contributed by atoms with Crippen LogP contribution in [0.25, 0.3) is 0 Å². The van der Waals surface area contributed by atoms with Gasteiger partial charge in [0.2, 0.25) is 0 Å². The van der Waals surface area contributed by atoms with E-state index in [9.17, 15) is 0 Å². The van der Waals surface area contributed by atoms with Crippen molar-refractivity contribution in [3.05, 3.63) is 34.9 Å². The van der Waals surface area contributed by atoms with Crippen molar-refractivity contribution < 1.29 is 0 Å². The van der Waals surface area contributed by atoms with Crippen LogP contribution in [-0.2, 0) is 12.8 Å². The molecule has 5 unspecified atom stereocenters. The van der Waals surface area contributed by atoms with Gasteiger partial charge in [0.25, 0.3) is 0 Å². The average molecular weight is 339 g/mol. The fourth-order valence-electron chi connectivity index (χ4n) is 6.41. The minimum atomic E-state index is 0.859. The van der Waals surface area contributed by atoms with Crippen molar-refractivity contribution in [1.82, 2.24) is 0 Å². The predicted molar refractivity (Wildman–Crippen MR) is 108 cm³/mol. The molecule has 1 aromatic carbocycles. The third-order valence-electron chi connectivity index (χ3n) is 8.03. The molecular weight excluding hydrogens is 300 g/mol. The van der Waals surface area contributed by atoms with E-state index in [0.29, 0.717) is 0 Å². The second-order valence-corrected chi connectivity index (χ2v) is 9.54. The SMILES string of the molecule is CCCC1CCC2CC(c3ccc4c(c3)CCC(CC)C4)CCC2C1. The van der Waals surface area contributed by atoms with Crippen molar-refractivity contribution in [3.63, 3.8) is 0 Å². The minimum absolute atomic E-state index is 0.859. The van der Waals surface area contributed by atoms with Crippen molar-refractivity contribution in [2.24, 2.45) is 23.7 Å². The van der Waals surface area contributed by atoms with Crippen molar-refractivity contribution in [2.75, 3.05) is 0 Å². The monoisotopic (exact) mass is 338 g/mol. The number of hydrogen-bond acceptors (Lipinski definition) is 0. The summed E-state index contributed by atoms with van der Waals surface area (Å²) in [6, 6.07) is 7.62. The van der Waals surface area contributed by atoms with Crippen molar-refractivity contribution in [2.45, 2.75) is 96.8 Å². The summed E-state index contributed by atoms with van der Waals surface area (Å²) in [6.45, 7) is 4.72. The first-order valence-electron chi connectivity index (χ1n) is 11.4. The van der Waals surface area contributed by atoms with Crippen LogP contribution in [-0.4, -0.2) is 0 Å². The lowest BCUT2D eigenvalue weighted by atomic mass is 9.63. The van der Waals surface area contributed by atoms with Crippen LogP contribution >= 0.6 is 0 Å². The number of rotatable bonds is 4. The Morgan fingerprint density at radius 2 is 1.68 bits per heavy atom. The first kappa shape index (κ1) is 17.6. The zero-order valence-corrected chi connectivity index (χ0v) is 16.6. The third kappa shape index (κ3) is 3.83. The molecule has 0 heteroatoms. The predicted octanol–water partition coefficient (Wildman–Crippen LogP) is 7.30. The fraction of sp³-hybridized carbons (Fsp3) is 0.760. The maximum atomic E-state index is 2.62. The largest absolute Gasteiger partial charge is 0.0654 e. The Morgan fingerprint density at radius 1 is 0.840 bits per heavy atom. The lowest BCUT2D eigenvalue weighted by Crippen LogP contribution is -2.30. The maximum Gasteiger partial charge on any atom is -0.0159 e. The summed E-state index contributed by atoms with van der Waals surface area (Å²) in [5, 5.41) is 0. The molecule has 3 aliphatic carbocycles. The quantitative estimate of drug-likeness (QED) is 0.540. The van der Waals surface area contributed by atoms with Crippen molar-refractivity contribution in [1.29, 1.82) is 0 Å². The molecule has 0 bridgehead atoms. The van der Waals surface area contributed by atoms with Crippen LogP contribution in [0.15, 0.2) is 18.2 Å². The number of hydrogen-bond donors (Lipinski definition) is 0. The Hall–Kier alpha value is -0.780. The highest BCUT2D eigenvalue weighted by Crippen LogP contribution is 2.48. The van der Waals surface area contributed by atoms with Crippen LogP contribution in [0.2, 0.25) is 0 Å². The summed E-state index contributed by atoms with van der Waals surface area (Å²) < 4.78 is 0. The standard InChI is InChI=1S/C25H38/c1-3-5-19-7-9-23-17-25(13-11-21(23)15-19)24-12-10-20-14-18(4-2)6-8-22(20)16-24/h10,12,16,18-19,21,23,25H,3-9,11,13-15,17H2,1-2H3. The second-order valence-electron chi connectivity index (χ2n) is 9.54. The Morgan fingerprint density at radius 3 is 2.52 bits per heavy atom. The van der Waals surface area contributed by atoms with Crippen LogP contribution in [0, 0.1) is 23.7 Å². The molecule has 0 nitrogen and oxygen atoms in total. The highest BCUT2D eigenvalue weighted by Gasteiger charge is 2.35. The fourth-order valence-corrected chi connectivity index (χ4v) is 6.41. The molecule has 2 saturated carbocycles. The molecule has 0 amide bonds. The number of fused-ring (bicyclic) bond motifs is 2. The molecule has 0 radical (unpaired) electrons. The van der Waals surface area contributed by atoms with Gasteiger partial charge in [-0.1, -0.05) is 57.7 Å². The van der Waals surface area contributed by atoms with E-state index < -0.39 is 0 Å². The van der Waals surface area contributed by atoms with Gasteiger partial charge in [-0.25, -0.2) is 0 Å². The second kappa shape index (κ2) is 7.85. The zero-order chi connectivity index (χ0) is 17.2. The summed E-state index contributed by atoms with van der Waals surface area (Å²) in [6.07, 6.45) is 17.3. The average Bonchev–Trinajstić information content (AvgIpc) is 2.67. The van der Waals surface area contributed by atoms with Gasteiger partial charge >= 0.3 is 0 Å². The van der Waals surface area contributed by atoms with E-state index in [1.807, 2.05) is 0 Å². The van der Waals surface area contributed by atoms with Gasteiger partial charge in [0.15, 0.2) is 0 Å². The van der Waals surface area contributed by atoms with Gasteiger partial charge in [-0.15, -0.1) is 0 Å². The molecule has 2 fully saturated rings. The van der Waals surface area contributed by atoms with Crippen molar-refractivity contribution >= 4 is 0 Å². The summed E-state index contributed by atoms with van der Waals surface area (Å²) in [7, 11) is 0. The number of aryl methyl sites for hydroxylation is 1. The first-order chi connectivity index (χ1) is 12.3. The molecule has 138 valence electrons. The van der Waals surface area contributed by atoms with Crippen LogP contribution in [0.1, 0.15) is 101 Å². The topological polar surface area (TPSA) is 0 Å². The van der Waals surface area contributed by atoms with Gasteiger partial charge in [-0.05, 0) is 97.6 Å². The highest BCUT2D eigenvalue weighted by molar-refractivity contribution is 5.36. The molecule has 25 heavy (non-hydrogen) atoms. The lowest BCUT2D eigenvalue weighted by molar-refractivity contribution is 0.114. The molecule has 1 aromatic rings. The van der Waals surface area contributed by atoms with Gasteiger partial charge in [0.1, 0.15) is 0 Å². The molecule has 3 aliphatic rings. The van der Waals surface area contributed by atoms with Gasteiger partial charge in [-0.3, -0.25) is 0 Å². The van der Waals surface area contributed by atoms with E-state index in [-0.39, 0.29) is 0 Å². The van der Waals surface area contributed by atoms with Gasteiger partial charge in [0, 0.05) is 0 Å². The van der Waals surface area contributed by atoms with Gasteiger partial charge in [0.05, 0.1) is 0 Å². The Balaban J connectivity index is 1.41. The summed E-state index contributed by atoms with van der Waals surface area (Å²) in [4.78, 5) is 0. The van der Waals surface area contributed by atoms with Crippen LogP contribution in [0.3, 0.4) is 0 Å². The van der Waals surface area contributed by atoms with Crippen LogP contribution < -0.4 is 0 Å². The Kier molecular flexibility index (Phi) is 5.53. The molecule has 0 N–H and O–H groups in total. The van der Waals surface area contributed by atoms with Gasteiger partial charge in [-0.2, -0.15) is 0 Å². The molecule has 5 atom stereocenters. The summed E-state index contributed by atoms with van der Waals surface area (Å²) in [5.74, 6) is 4.94. The third-order valence-corrected chi connectivity index (χ3v) is 8.03. The summed E-state index contributed by atoms with van der Waals surface area (Å²) in [5.41, 5.74) is 5.04. The van der Waals surface area contributed by atoms with Crippen molar-refractivity contribution in [3.8, 4) is 0 Å². The lowest BCUT2D eigenvalue weighted by Gasteiger charge is -2.42. The molecule has 4 rings (SSSR count). The number of benzene rings is 1. The molecule has 0 aromatic heterocycles. The van der Waals surface area contributed by atoms with E-state index in [1.165, 1.54) is 70.6 Å². The Labute approximate surface area is 155 Å². The first-order valence-corrected chi connectivity index (χ1v) is 11.4. The molecule has 0 spiro atoms. The highest BCUT2D eigenvalue weighted by atomic mass is 14.4. The molecule has 0 saturated heterocycles. The normalized spacial score (nSPS) is 35.0. The van der Waals surface area contributed by atoms with E-state index in [0.717, 1.165) is 29.6 Å². The van der Waals surface area contributed by atoms with E-state index in [1.54, 1.807) is 23.1 Å². The van der Waals surface area contributed by atoms with Crippen LogP contribution in [0.5, 0.6) is 0 Å². The van der Waals surface area contributed by atoms with E-state index >= 15 is 0 Å². The van der Waals surface area contributed by atoms with E-state index in [4.69, 9.17) is 0 Å². The van der Waals surface area contributed by atoms with Gasteiger partial charge < -0.3 is 0 Å². The summed E-state index contributed by atoms with van der Waals surface area (Å²) >= 11 is 0.